The van der Waals surface area contributed by atoms with Crippen LogP contribution < -0.4 is 0 Å². The largest absolute Gasteiger partial charge is 0.328 e. The lowest BCUT2D eigenvalue weighted by Gasteiger charge is -2.03. The second-order valence-corrected chi connectivity index (χ2v) is 3.68. The molecule has 0 spiro atoms. The Labute approximate surface area is 96.9 Å². The number of imidazole rings is 1. The van der Waals surface area contributed by atoms with Crippen molar-refractivity contribution in [3.05, 3.63) is 28.9 Å². The van der Waals surface area contributed by atoms with E-state index in [1.165, 1.54) is 6.07 Å². The minimum atomic E-state index is 0.328. The molecule has 0 radical (unpaired) electrons. The monoisotopic (exact) mass is 242 g/mol. The zero-order valence-corrected chi connectivity index (χ0v) is 9.50. The van der Waals surface area contributed by atoms with E-state index in [1.807, 2.05) is 11.5 Å². The van der Waals surface area contributed by atoms with Gasteiger partial charge in [-0.3, -0.25) is 0 Å². The van der Waals surface area contributed by atoms with Crippen LogP contribution in [0.4, 0.5) is 0 Å². The van der Waals surface area contributed by atoms with Gasteiger partial charge < -0.3 is 4.57 Å². The van der Waals surface area contributed by atoms with Gasteiger partial charge in [-0.2, -0.15) is 0 Å². The first-order valence-corrected chi connectivity index (χ1v) is 5.17. The fourth-order valence-corrected chi connectivity index (χ4v) is 1.69. The Hall–Kier alpha value is -1.13. The summed E-state index contributed by atoms with van der Waals surface area (Å²) in [6.07, 6.45) is 3.40. The predicted molar refractivity (Wildman–Crippen MR) is 58.9 cm³/mol. The van der Waals surface area contributed by atoms with Gasteiger partial charge in [0.15, 0.2) is 5.82 Å². The van der Waals surface area contributed by atoms with Crippen LogP contribution in [-0.4, -0.2) is 19.5 Å². The van der Waals surface area contributed by atoms with Crippen LogP contribution in [-0.2, 0) is 6.54 Å². The van der Waals surface area contributed by atoms with E-state index >= 15 is 0 Å². The van der Waals surface area contributed by atoms with Crippen molar-refractivity contribution < 1.29 is 0 Å². The van der Waals surface area contributed by atoms with E-state index in [4.69, 9.17) is 23.2 Å². The molecule has 78 valence electrons. The van der Waals surface area contributed by atoms with Gasteiger partial charge in [0, 0.05) is 12.6 Å². The summed E-state index contributed by atoms with van der Waals surface area (Å²) in [4.78, 5) is 12.2. The fourth-order valence-electron chi connectivity index (χ4n) is 1.26. The molecule has 2 heterocycles. The maximum atomic E-state index is 5.80. The summed E-state index contributed by atoms with van der Waals surface area (Å²) in [7, 11) is 0. The molecule has 0 saturated heterocycles. The van der Waals surface area contributed by atoms with Crippen LogP contribution >= 0.6 is 23.2 Å². The molecule has 0 amide bonds. The molecule has 0 atom stereocenters. The van der Waals surface area contributed by atoms with Crippen molar-refractivity contribution in [2.45, 2.75) is 13.5 Å². The SMILES string of the molecule is CCn1cncc1-c1nc(Cl)cc(Cl)n1. The zero-order valence-electron chi connectivity index (χ0n) is 7.98. The van der Waals surface area contributed by atoms with Crippen LogP contribution in [0.25, 0.3) is 11.5 Å². The van der Waals surface area contributed by atoms with Gasteiger partial charge in [-0.1, -0.05) is 23.2 Å². The molecule has 0 N–H and O–H groups in total. The molecule has 2 rings (SSSR count). The topological polar surface area (TPSA) is 43.6 Å². The van der Waals surface area contributed by atoms with Crippen LogP contribution in [0.1, 0.15) is 6.92 Å². The molecular weight excluding hydrogens is 235 g/mol. The molecule has 0 aliphatic heterocycles. The van der Waals surface area contributed by atoms with E-state index in [0.717, 1.165) is 12.2 Å². The highest BCUT2D eigenvalue weighted by Crippen LogP contribution is 2.19. The molecule has 4 nitrogen and oxygen atoms in total. The Morgan fingerprint density at radius 3 is 2.53 bits per heavy atom. The van der Waals surface area contributed by atoms with Crippen molar-refractivity contribution in [3.8, 4) is 11.5 Å². The predicted octanol–water partition coefficient (Wildman–Crippen LogP) is 2.67. The minimum Gasteiger partial charge on any atom is -0.328 e. The molecule has 0 saturated carbocycles. The lowest BCUT2D eigenvalue weighted by atomic mass is 10.4. The molecule has 0 aliphatic rings. The number of aryl methyl sites for hydroxylation is 1. The van der Waals surface area contributed by atoms with Crippen LogP contribution in [0.2, 0.25) is 10.3 Å². The number of hydrogen-bond donors (Lipinski definition) is 0. The summed E-state index contributed by atoms with van der Waals surface area (Å²) >= 11 is 11.6. The first-order valence-electron chi connectivity index (χ1n) is 4.41. The van der Waals surface area contributed by atoms with Crippen molar-refractivity contribution >= 4 is 23.2 Å². The molecule has 0 aliphatic carbocycles. The molecule has 2 aromatic rings. The van der Waals surface area contributed by atoms with Gasteiger partial charge in [-0.05, 0) is 6.92 Å². The summed E-state index contributed by atoms with van der Waals surface area (Å²) in [6.45, 7) is 2.81. The quantitative estimate of drug-likeness (QED) is 0.761. The number of aromatic nitrogens is 4. The second kappa shape index (κ2) is 4.16. The van der Waals surface area contributed by atoms with Gasteiger partial charge in [0.2, 0.25) is 0 Å². The molecule has 0 unspecified atom stereocenters. The van der Waals surface area contributed by atoms with Crippen LogP contribution in [0, 0.1) is 0 Å². The molecule has 0 fully saturated rings. The highest BCUT2D eigenvalue weighted by atomic mass is 35.5. The van der Waals surface area contributed by atoms with Gasteiger partial charge in [0.05, 0.1) is 12.5 Å². The normalized spacial score (nSPS) is 10.6. The maximum absolute atomic E-state index is 5.80. The summed E-state index contributed by atoms with van der Waals surface area (Å²) in [5.74, 6) is 0.492. The first-order chi connectivity index (χ1) is 7.20. The average Bonchev–Trinajstić information content (AvgIpc) is 2.63. The highest BCUT2D eigenvalue weighted by Gasteiger charge is 2.08. The number of rotatable bonds is 2. The zero-order chi connectivity index (χ0) is 10.8. The van der Waals surface area contributed by atoms with E-state index < -0.39 is 0 Å². The third kappa shape index (κ3) is 2.11. The summed E-state index contributed by atoms with van der Waals surface area (Å²) in [5.41, 5.74) is 0.807. The van der Waals surface area contributed by atoms with Crippen molar-refractivity contribution in [2.75, 3.05) is 0 Å². The lowest BCUT2D eigenvalue weighted by molar-refractivity contribution is 0.763. The van der Waals surface area contributed by atoms with E-state index in [0.29, 0.717) is 16.1 Å². The van der Waals surface area contributed by atoms with Gasteiger partial charge in [0.25, 0.3) is 0 Å². The smallest absolute Gasteiger partial charge is 0.180 e. The average molecular weight is 243 g/mol. The van der Waals surface area contributed by atoms with Gasteiger partial charge in [-0.15, -0.1) is 0 Å². The van der Waals surface area contributed by atoms with Crippen molar-refractivity contribution in [2.24, 2.45) is 0 Å². The molecule has 2 aromatic heterocycles. The van der Waals surface area contributed by atoms with Gasteiger partial charge in [-0.25, -0.2) is 15.0 Å². The number of hydrogen-bond acceptors (Lipinski definition) is 3. The standard InChI is InChI=1S/C9H8Cl2N4/c1-2-15-5-12-4-6(15)9-13-7(10)3-8(11)14-9/h3-5H,2H2,1H3. The number of nitrogens with zero attached hydrogens (tertiary/aromatic N) is 4. The van der Waals surface area contributed by atoms with E-state index in [1.54, 1.807) is 12.5 Å². The molecular formula is C9H8Cl2N4. The Balaban J connectivity index is 2.53. The van der Waals surface area contributed by atoms with Crippen molar-refractivity contribution in [3.63, 3.8) is 0 Å². The van der Waals surface area contributed by atoms with E-state index in [9.17, 15) is 0 Å². The van der Waals surface area contributed by atoms with E-state index in [2.05, 4.69) is 15.0 Å². The van der Waals surface area contributed by atoms with Gasteiger partial charge >= 0.3 is 0 Å². The van der Waals surface area contributed by atoms with Crippen LogP contribution in [0.15, 0.2) is 18.6 Å². The second-order valence-electron chi connectivity index (χ2n) is 2.90. The molecule has 6 heteroatoms. The van der Waals surface area contributed by atoms with Crippen LogP contribution in [0.3, 0.4) is 0 Å². The first kappa shape index (κ1) is 10.4. The molecule has 0 aromatic carbocycles. The van der Waals surface area contributed by atoms with Crippen LogP contribution in [0.5, 0.6) is 0 Å². The third-order valence-electron chi connectivity index (χ3n) is 1.95. The highest BCUT2D eigenvalue weighted by molar-refractivity contribution is 6.33. The Kier molecular flexibility index (Phi) is 2.88. The van der Waals surface area contributed by atoms with Crippen molar-refractivity contribution in [1.82, 2.24) is 19.5 Å². The van der Waals surface area contributed by atoms with Gasteiger partial charge in [0.1, 0.15) is 16.0 Å². The maximum Gasteiger partial charge on any atom is 0.180 e. The molecule has 15 heavy (non-hydrogen) atoms. The third-order valence-corrected chi connectivity index (χ3v) is 2.33. The van der Waals surface area contributed by atoms with E-state index in [-0.39, 0.29) is 0 Å². The summed E-state index contributed by atoms with van der Waals surface area (Å²) in [5, 5.41) is 0.655. The fraction of sp³-hybridized carbons (Fsp3) is 0.222. The molecule has 0 bridgehead atoms. The Morgan fingerprint density at radius 2 is 1.93 bits per heavy atom. The number of halogens is 2. The Morgan fingerprint density at radius 1 is 1.27 bits per heavy atom. The minimum absolute atomic E-state index is 0.328. The summed E-state index contributed by atoms with van der Waals surface area (Å²) < 4.78 is 1.92. The Bertz CT molecular complexity index is 460. The lowest BCUT2D eigenvalue weighted by Crippen LogP contribution is -1.98. The van der Waals surface area contributed by atoms with Crippen molar-refractivity contribution in [1.29, 1.82) is 0 Å². The summed E-state index contributed by atoms with van der Waals surface area (Å²) in [6, 6.07) is 1.50.